The summed E-state index contributed by atoms with van der Waals surface area (Å²) >= 11 is 0. The summed E-state index contributed by atoms with van der Waals surface area (Å²) in [5.74, 6) is 2.50. The average Bonchev–Trinajstić information content (AvgIpc) is 3.38. The highest BCUT2D eigenvalue weighted by molar-refractivity contribution is 6.04. The minimum absolute atomic E-state index is 0.0591. The van der Waals surface area contributed by atoms with E-state index in [0.717, 1.165) is 68.7 Å². The quantitative estimate of drug-likeness (QED) is 0.457. The van der Waals surface area contributed by atoms with Gasteiger partial charge in [-0.25, -0.2) is 0 Å². The van der Waals surface area contributed by atoms with Gasteiger partial charge in [-0.3, -0.25) is 9.59 Å². The van der Waals surface area contributed by atoms with Crippen molar-refractivity contribution in [2.45, 2.75) is 98.3 Å². The van der Waals surface area contributed by atoms with Crippen LogP contribution in [0.15, 0.2) is 27.8 Å². The van der Waals surface area contributed by atoms with Gasteiger partial charge >= 0.3 is 0 Å². The average molecular weight is 516 g/mol. The van der Waals surface area contributed by atoms with E-state index >= 15 is 0 Å². The SMILES string of the molecule is CCc1noc(C23CCCC(C)C2C2C(=O)C=C4C5(C)C=C(C#N)C(=O)C(C)(C)C5CCC4(C)C2CC3)n1. The molecule has 0 N–H and O–H groups in total. The first-order valence-corrected chi connectivity index (χ1v) is 14.7. The molecule has 5 aliphatic carbocycles. The van der Waals surface area contributed by atoms with Crippen LogP contribution >= 0.6 is 0 Å². The molecule has 0 spiro atoms. The first kappa shape index (κ1) is 25.7. The number of carbonyl (C=O) groups excluding carboxylic acids is 2. The predicted octanol–water partition coefficient (Wildman–Crippen LogP) is 6.32. The van der Waals surface area contributed by atoms with E-state index in [2.05, 4.69) is 32.0 Å². The van der Waals surface area contributed by atoms with E-state index in [9.17, 15) is 14.9 Å². The lowest BCUT2D eigenvalue weighted by atomic mass is 9.38. The van der Waals surface area contributed by atoms with Crippen molar-refractivity contribution in [1.29, 1.82) is 5.26 Å². The van der Waals surface area contributed by atoms with E-state index in [1.807, 2.05) is 32.9 Å². The molecular weight excluding hydrogens is 474 g/mol. The first-order valence-electron chi connectivity index (χ1n) is 14.7. The molecule has 3 saturated carbocycles. The fraction of sp³-hybridized carbons (Fsp3) is 0.719. The maximum Gasteiger partial charge on any atom is 0.233 e. The Labute approximate surface area is 226 Å². The van der Waals surface area contributed by atoms with E-state index in [-0.39, 0.29) is 51.6 Å². The standard InChI is InChI=1S/C32H41N3O3/c1-7-24-34-28(38-35-24)32-12-8-9-18(2)26(32)25-20(10-14-32)30(5)13-11-22-29(3,4)27(37)19(17-33)16-31(22,6)23(30)15-21(25)36/h15-16,18,20,22,25-26H,7-14H2,1-6H3. The number of ketones is 2. The highest BCUT2D eigenvalue weighted by Gasteiger charge is 2.66. The summed E-state index contributed by atoms with van der Waals surface area (Å²) in [6, 6.07) is 2.19. The zero-order valence-electron chi connectivity index (χ0n) is 23.8. The lowest BCUT2D eigenvalue weighted by Gasteiger charge is -2.64. The van der Waals surface area contributed by atoms with Gasteiger partial charge in [-0.05, 0) is 67.3 Å². The molecule has 0 aromatic carbocycles. The lowest BCUT2D eigenvalue weighted by molar-refractivity contribution is -0.142. The Balaban J connectivity index is 1.49. The van der Waals surface area contributed by atoms with Crippen molar-refractivity contribution in [1.82, 2.24) is 10.1 Å². The van der Waals surface area contributed by atoms with Crippen molar-refractivity contribution in [2.24, 2.45) is 45.8 Å². The Kier molecular flexibility index (Phi) is 5.57. The second-order valence-electron chi connectivity index (χ2n) is 14.1. The van der Waals surface area contributed by atoms with E-state index < -0.39 is 10.8 Å². The number of rotatable bonds is 2. The molecular formula is C32H41N3O3. The summed E-state index contributed by atoms with van der Waals surface area (Å²) in [6.45, 7) is 12.9. The minimum atomic E-state index is -0.634. The molecule has 8 unspecified atom stereocenters. The smallest absolute Gasteiger partial charge is 0.233 e. The minimum Gasteiger partial charge on any atom is -0.339 e. The molecule has 0 amide bonds. The molecule has 0 bridgehead atoms. The molecule has 0 radical (unpaired) electrons. The van der Waals surface area contributed by atoms with Crippen LogP contribution < -0.4 is 0 Å². The molecule has 1 heterocycles. The third-order valence-corrected chi connectivity index (χ3v) is 12.0. The maximum atomic E-state index is 14.4. The summed E-state index contributed by atoms with van der Waals surface area (Å²) in [5, 5.41) is 14.1. The van der Waals surface area contributed by atoms with Crippen LogP contribution in [0.3, 0.4) is 0 Å². The van der Waals surface area contributed by atoms with Gasteiger partial charge < -0.3 is 4.52 Å². The zero-order valence-corrected chi connectivity index (χ0v) is 23.8. The second kappa shape index (κ2) is 8.23. The Morgan fingerprint density at radius 1 is 1.11 bits per heavy atom. The number of aryl methyl sites for hydroxylation is 1. The van der Waals surface area contributed by atoms with E-state index in [4.69, 9.17) is 9.51 Å². The molecule has 0 aliphatic heterocycles. The van der Waals surface area contributed by atoms with Gasteiger partial charge in [0.1, 0.15) is 6.07 Å². The number of Topliss-reactive ketones (excluding diaryl/α,β-unsaturated/α-hetero) is 1. The lowest BCUT2D eigenvalue weighted by Crippen LogP contribution is -2.61. The van der Waals surface area contributed by atoms with Crippen LogP contribution in [0.2, 0.25) is 0 Å². The molecule has 6 heteroatoms. The van der Waals surface area contributed by atoms with Crippen molar-refractivity contribution in [2.75, 3.05) is 0 Å². The van der Waals surface area contributed by atoms with Gasteiger partial charge in [0.25, 0.3) is 0 Å². The van der Waals surface area contributed by atoms with Gasteiger partial charge in [0.15, 0.2) is 17.4 Å². The Morgan fingerprint density at radius 2 is 1.87 bits per heavy atom. The third kappa shape index (κ3) is 3.11. The number of hydrogen-bond acceptors (Lipinski definition) is 6. The number of allylic oxidation sites excluding steroid dienone is 4. The van der Waals surface area contributed by atoms with Gasteiger partial charge in [0.2, 0.25) is 5.89 Å². The van der Waals surface area contributed by atoms with Gasteiger partial charge in [-0.15, -0.1) is 0 Å². The number of aromatic nitrogens is 2. The van der Waals surface area contributed by atoms with Crippen LogP contribution in [0.5, 0.6) is 0 Å². The number of hydrogen-bond donors (Lipinski definition) is 0. The monoisotopic (exact) mass is 515 g/mol. The van der Waals surface area contributed by atoms with Gasteiger partial charge in [-0.1, -0.05) is 71.2 Å². The Morgan fingerprint density at radius 3 is 2.55 bits per heavy atom. The first-order chi connectivity index (χ1) is 17.9. The molecule has 8 atom stereocenters. The van der Waals surface area contributed by atoms with E-state index in [1.165, 1.54) is 0 Å². The summed E-state index contributed by atoms with van der Waals surface area (Å²) in [5.41, 5.74) is -0.0890. The van der Waals surface area contributed by atoms with Crippen molar-refractivity contribution in [3.05, 3.63) is 35.0 Å². The normalized spacial score (nSPS) is 43.6. The summed E-state index contributed by atoms with van der Waals surface area (Å²) in [6.07, 6.45) is 11.7. The van der Waals surface area contributed by atoms with Crippen molar-refractivity contribution in [3.8, 4) is 6.07 Å². The Bertz CT molecular complexity index is 1310. The molecule has 3 fully saturated rings. The number of nitrogens with zero attached hydrogens (tertiary/aromatic N) is 3. The van der Waals surface area contributed by atoms with Gasteiger partial charge in [0, 0.05) is 23.2 Å². The molecule has 5 aliphatic rings. The fourth-order valence-corrected chi connectivity index (χ4v) is 10.4. The van der Waals surface area contributed by atoms with Crippen LogP contribution in [0.25, 0.3) is 0 Å². The highest BCUT2D eigenvalue weighted by atomic mass is 16.5. The Hall–Kier alpha value is -2.55. The molecule has 38 heavy (non-hydrogen) atoms. The van der Waals surface area contributed by atoms with Crippen molar-refractivity contribution in [3.63, 3.8) is 0 Å². The van der Waals surface area contributed by atoms with Crippen LogP contribution in [0.4, 0.5) is 0 Å². The van der Waals surface area contributed by atoms with Crippen LogP contribution in [0.1, 0.15) is 98.2 Å². The van der Waals surface area contributed by atoms with Crippen LogP contribution in [0, 0.1) is 57.2 Å². The summed E-state index contributed by atoms with van der Waals surface area (Å²) < 4.78 is 5.94. The topological polar surface area (TPSA) is 96.9 Å². The van der Waals surface area contributed by atoms with E-state index in [0.29, 0.717) is 5.92 Å². The predicted molar refractivity (Wildman–Crippen MR) is 143 cm³/mol. The molecule has 0 saturated heterocycles. The van der Waals surface area contributed by atoms with Crippen LogP contribution in [-0.4, -0.2) is 21.7 Å². The highest BCUT2D eigenvalue weighted by Crippen LogP contribution is 2.70. The van der Waals surface area contributed by atoms with Gasteiger partial charge in [-0.2, -0.15) is 10.2 Å². The number of nitriles is 1. The zero-order chi connectivity index (χ0) is 27.3. The summed E-state index contributed by atoms with van der Waals surface area (Å²) in [4.78, 5) is 32.4. The second-order valence-corrected chi connectivity index (χ2v) is 14.1. The maximum absolute atomic E-state index is 14.4. The fourth-order valence-electron chi connectivity index (χ4n) is 10.4. The number of fused-ring (bicyclic) bond motifs is 7. The third-order valence-electron chi connectivity index (χ3n) is 12.0. The van der Waals surface area contributed by atoms with E-state index in [1.54, 1.807) is 0 Å². The molecule has 6 rings (SSSR count). The molecule has 1 aromatic rings. The van der Waals surface area contributed by atoms with Crippen molar-refractivity contribution >= 4 is 11.6 Å². The van der Waals surface area contributed by atoms with Crippen LogP contribution in [-0.2, 0) is 21.4 Å². The molecule has 1 aromatic heterocycles. The van der Waals surface area contributed by atoms with Gasteiger partial charge in [0.05, 0.1) is 11.0 Å². The summed E-state index contributed by atoms with van der Waals surface area (Å²) in [7, 11) is 0. The van der Waals surface area contributed by atoms with Crippen molar-refractivity contribution < 1.29 is 14.1 Å². The molecule has 6 nitrogen and oxygen atoms in total. The number of carbonyl (C=O) groups is 2. The molecule has 202 valence electrons. The largest absolute Gasteiger partial charge is 0.339 e.